The van der Waals surface area contributed by atoms with Crippen LogP contribution in [0.1, 0.15) is 37.4 Å². The number of nitrogens with zero attached hydrogens (tertiary/aromatic N) is 2. The van der Waals surface area contributed by atoms with Crippen LogP contribution in [0, 0.1) is 17.0 Å². The van der Waals surface area contributed by atoms with Crippen LogP contribution in [0.15, 0.2) is 12.3 Å². The van der Waals surface area contributed by atoms with Gasteiger partial charge in [0.1, 0.15) is 0 Å². The molecule has 1 N–H and O–H groups in total. The summed E-state index contributed by atoms with van der Waals surface area (Å²) in [6.45, 7) is 5.82. The zero-order valence-electron chi connectivity index (χ0n) is 10.7. The molecule has 0 aromatic carbocycles. The predicted molar refractivity (Wildman–Crippen MR) is 67.2 cm³/mol. The molecule has 1 aromatic heterocycles. The SMILES string of the molecule is CCC(c1cc([N+](=O)[O-])c(C)cn1)C(C)NC. The lowest BCUT2D eigenvalue weighted by atomic mass is 9.93. The van der Waals surface area contributed by atoms with Gasteiger partial charge in [0.15, 0.2) is 0 Å². The minimum absolute atomic E-state index is 0.150. The van der Waals surface area contributed by atoms with Gasteiger partial charge >= 0.3 is 0 Å². The summed E-state index contributed by atoms with van der Waals surface area (Å²) in [5.41, 5.74) is 1.54. The van der Waals surface area contributed by atoms with Crippen LogP contribution >= 0.6 is 0 Å². The van der Waals surface area contributed by atoms with Gasteiger partial charge in [-0.05, 0) is 27.3 Å². The lowest BCUT2D eigenvalue weighted by molar-refractivity contribution is -0.385. The van der Waals surface area contributed by atoms with Gasteiger partial charge in [0, 0.05) is 29.8 Å². The van der Waals surface area contributed by atoms with Crippen molar-refractivity contribution in [2.24, 2.45) is 0 Å². The highest BCUT2D eigenvalue weighted by Gasteiger charge is 2.21. The lowest BCUT2D eigenvalue weighted by Crippen LogP contribution is -2.29. The van der Waals surface area contributed by atoms with Crippen molar-refractivity contribution in [3.63, 3.8) is 0 Å². The largest absolute Gasteiger partial charge is 0.317 e. The topological polar surface area (TPSA) is 68.1 Å². The Hall–Kier alpha value is -1.49. The van der Waals surface area contributed by atoms with E-state index in [1.165, 1.54) is 0 Å². The maximum Gasteiger partial charge on any atom is 0.275 e. The van der Waals surface area contributed by atoms with E-state index in [1.54, 1.807) is 19.2 Å². The van der Waals surface area contributed by atoms with E-state index >= 15 is 0 Å². The molecule has 5 nitrogen and oxygen atoms in total. The average molecular weight is 237 g/mol. The first-order valence-corrected chi connectivity index (χ1v) is 5.79. The monoisotopic (exact) mass is 237 g/mol. The maximum absolute atomic E-state index is 10.9. The highest BCUT2D eigenvalue weighted by Crippen LogP contribution is 2.26. The van der Waals surface area contributed by atoms with Crippen LogP contribution in [-0.2, 0) is 0 Å². The van der Waals surface area contributed by atoms with Crippen molar-refractivity contribution in [2.45, 2.75) is 39.2 Å². The van der Waals surface area contributed by atoms with Gasteiger partial charge in [0.2, 0.25) is 0 Å². The van der Waals surface area contributed by atoms with E-state index in [0.29, 0.717) is 5.56 Å². The molecule has 2 unspecified atom stereocenters. The van der Waals surface area contributed by atoms with Crippen molar-refractivity contribution in [2.75, 3.05) is 7.05 Å². The molecule has 0 aliphatic heterocycles. The molecule has 1 aromatic rings. The number of nitrogens with one attached hydrogen (secondary N) is 1. The summed E-state index contributed by atoms with van der Waals surface area (Å²) in [5.74, 6) is 0.194. The van der Waals surface area contributed by atoms with Crippen LogP contribution in [0.4, 0.5) is 5.69 Å². The van der Waals surface area contributed by atoms with Gasteiger partial charge in [0.25, 0.3) is 5.69 Å². The highest BCUT2D eigenvalue weighted by atomic mass is 16.6. The normalized spacial score (nSPS) is 14.4. The fourth-order valence-electron chi connectivity index (χ4n) is 1.95. The average Bonchev–Trinajstić information content (AvgIpc) is 2.31. The number of aryl methyl sites for hydroxylation is 1. The van der Waals surface area contributed by atoms with E-state index in [9.17, 15) is 10.1 Å². The van der Waals surface area contributed by atoms with Gasteiger partial charge in [-0.1, -0.05) is 6.92 Å². The molecule has 1 rings (SSSR count). The summed E-state index contributed by atoms with van der Waals surface area (Å²) in [7, 11) is 1.88. The Balaban J connectivity index is 3.13. The summed E-state index contributed by atoms with van der Waals surface area (Å²) >= 11 is 0. The van der Waals surface area contributed by atoms with Gasteiger partial charge in [-0.15, -0.1) is 0 Å². The van der Waals surface area contributed by atoms with Crippen LogP contribution in [0.3, 0.4) is 0 Å². The van der Waals surface area contributed by atoms with Crippen LogP contribution in [-0.4, -0.2) is 23.0 Å². The summed E-state index contributed by atoms with van der Waals surface area (Å²) in [5, 5.41) is 14.1. The van der Waals surface area contributed by atoms with Crippen molar-refractivity contribution < 1.29 is 4.92 Å². The molecule has 0 saturated heterocycles. The summed E-state index contributed by atoms with van der Waals surface area (Å²) in [6, 6.07) is 1.84. The van der Waals surface area contributed by atoms with Crippen molar-refractivity contribution in [1.29, 1.82) is 0 Å². The second kappa shape index (κ2) is 5.72. The molecule has 0 fully saturated rings. The second-order valence-corrected chi connectivity index (χ2v) is 4.24. The third kappa shape index (κ3) is 3.00. The molecule has 0 spiro atoms. The minimum atomic E-state index is -0.350. The Bertz CT molecular complexity index is 407. The van der Waals surface area contributed by atoms with E-state index in [0.717, 1.165) is 12.1 Å². The fourth-order valence-corrected chi connectivity index (χ4v) is 1.95. The zero-order chi connectivity index (χ0) is 13.0. The van der Waals surface area contributed by atoms with Crippen LogP contribution < -0.4 is 5.32 Å². The van der Waals surface area contributed by atoms with Crippen molar-refractivity contribution >= 4 is 5.69 Å². The highest BCUT2D eigenvalue weighted by molar-refractivity contribution is 5.39. The first kappa shape index (κ1) is 13.6. The molecular formula is C12H19N3O2. The summed E-state index contributed by atoms with van der Waals surface area (Å²) in [6.07, 6.45) is 2.48. The lowest BCUT2D eigenvalue weighted by Gasteiger charge is -2.21. The smallest absolute Gasteiger partial charge is 0.275 e. The summed E-state index contributed by atoms with van der Waals surface area (Å²) in [4.78, 5) is 14.9. The number of nitro groups is 1. The molecule has 0 radical (unpaired) electrons. The fraction of sp³-hybridized carbons (Fsp3) is 0.583. The molecule has 17 heavy (non-hydrogen) atoms. The number of hydrogen-bond donors (Lipinski definition) is 1. The molecule has 0 saturated carbocycles. The molecular weight excluding hydrogens is 218 g/mol. The quantitative estimate of drug-likeness (QED) is 0.630. The van der Waals surface area contributed by atoms with Gasteiger partial charge < -0.3 is 5.32 Å². The minimum Gasteiger partial charge on any atom is -0.317 e. The van der Waals surface area contributed by atoms with Gasteiger partial charge in [0.05, 0.1) is 10.6 Å². The third-order valence-electron chi connectivity index (χ3n) is 3.17. The van der Waals surface area contributed by atoms with Crippen LogP contribution in [0.2, 0.25) is 0 Å². The third-order valence-corrected chi connectivity index (χ3v) is 3.17. The molecule has 94 valence electrons. The van der Waals surface area contributed by atoms with E-state index < -0.39 is 0 Å². The molecule has 5 heteroatoms. The number of pyridine rings is 1. The Morgan fingerprint density at radius 2 is 2.24 bits per heavy atom. The second-order valence-electron chi connectivity index (χ2n) is 4.24. The number of aromatic nitrogens is 1. The van der Waals surface area contributed by atoms with E-state index in [-0.39, 0.29) is 22.6 Å². The van der Waals surface area contributed by atoms with Crippen molar-refractivity contribution in [3.8, 4) is 0 Å². The Kier molecular flexibility index (Phi) is 4.57. The first-order chi connectivity index (χ1) is 8.01. The van der Waals surface area contributed by atoms with Crippen molar-refractivity contribution in [3.05, 3.63) is 33.6 Å². The van der Waals surface area contributed by atoms with E-state index in [2.05, 4.69) is 24.1 Å². The number of hydrogen-bond acceptors (Lipinski definition) is 4. The zero-order valence-corrected chi connectivity index (χ0v) is 10.7. The molecule has 0 aliphatic rings. The number of rotatable bonds is 5. The van der Waals surface area contributed by atoms with Crippen LogP contribution in [0.25, 0.3) is 0 Å². The van der Waals surface area contributed by atoms with E-state index in [1.807, 2.05) is 7.05 Å². The molecule has 0 aliphatic carbocycles. The Labute approximate surface area is 101 Å². The molecule has 0 amide bonds. The predicted octanol–water partition coefficient (Wildman–Crippen LogP) is 2.40. The molecule has 1 heterocycles. The summed E-state index contributed by atoms with van der Waals surface area (Å²) < 4.78 is 0. The standard InChI is InChI=1S/C12H19N3O2/c1-5-10(9(3)13-4)11-6-12(15(16)17)8(2)7-14-11/h6-7,9-10,13H,5H2,1-4H3. The number of likely N-dealkylation sites (N-methyl/N-ethyl adjacent to an activating group) is 1. The van der Waals surface area contributed by atoms with Gasteiger partial charge in [-0.3, -0.25) is 15.1 Å². The van der Waals surface area contributed by atoms with E-state index in [4.69, 9.17) is 0 Å². The Morgan fingerprint density at radius 3 is 2.71 bits per heavy atom. The van der Waals surface area contributed by atoms with Crippen molar-refractivity contribution in [1.82, 2.24) is 10.3 Å². The molecule has 2 atom stereocenters. The molecule has 0 bridgehead atoms. The first-order valence-electron chi connectivity index (χ1n) is 5.79. The van der Waals surface area contributed by atoms with Gasteiger partial charge in [-0.2, -0.15) is 0 Å². The Morgan fingerprint density at radius 1 is 1.59 bits per heavy atom. The maximum atomic E-state index is 10.9. The van der Waals surface area contributed by atoms with Crippen LogP contribution in [0.5, 0.6) is 0 Å². The van der Waals surface area contributed by atoms with Gasteiger partial charge in [-0.25, -0.2) is 0 Å².